The van der Waals surface area contributed by atoms with E-state index in [1.54, 1.807) is 7.11 Å². The van der Waals surface area contributed by atoms with Gasteiger partial charge in [0, 0.05) is 29.6 Å². The Balaban J connectivity index is 1.80. The van der Waals surface area contributed by atoms with Gasteiger partial charge in [-0.1, -0.05) is 19.1 Å². The molecule has 2 heterocycles. The van der Waals surface area contributed by atoms with Crippen molar-refractivity contribution in [2.45, 2.75) is 19.9 Å². The van der Waals surface area contributed by atoms with Crippen molar-refractivity contribution in [1.82, 2.24) is 0 Å². The molecule has 0 fully saturated rings. The standard InChI is InChI=1S/C22H21NO4/c1-3-8-23-11-17-14(6-7-18(25-2)22(17)24)15-5-4-13-9-19-20(27-12-26-19)10-16(13)21(15)23/h4-7,9-10,24H,3,8,11-12H2,1-2H3. The first kappa shape index (κ1) is 16.1. The van der Waals surface area contributed by atoms with Crippen molar-refractivity contribution in [3.8, 4) is 34.1 Å². The van der Waals surface area contributed by atoms with Crippen molar-refractivity contribution in [3.63, 3.8) is 0 Å². The van der Waals surface area contributed by atoms with Gasteiger partial charge in [-0.15, -0.1) is 0 Å². The van der Waals surface area contributed by atoms with E-state index >= 15 is 0 Å². The molecule has 0 atom stereocenters. The molecule has 0 radical (unpaired) electrons. The lowest BCUT2D eigenvalue weighted by Gasteiger charge is -2.34. The molecule has 1 N–H and O–H groups in total. The van der Waals surface area contributed by atoms with Gasteiger partial charge in [0.1, 0.15) is 0 Å². The van der Waals surface area contributed by atoms with Crippen molar-refractivity contribution in [3.05, 3.63) is 42.0 Å². The molecule has 2 aliphatic rings. The SMILES string of the molecule is CCCN1Cc2c(ccc(OC)c2O)-c2ccc3cc4c(cc3c21)OCO4. The maximum atomic E-state index is 10.7. The van der Waals surface area contributed by atoms with Crippen molar-refractivity contribution < 1.29 is 19.3 Å². The highest BCUT2D eigenvalue weighted by atomic mass is 16.7. The van der Waals surface area contributed by atoms with Crippen LogP contribution in [0.2, 0.25) is 0 Å². The summed E-state index contributed by atoms with van der Waals surface area (Å²) >= 11 is 0. The summed E-state index contributed by atoms with van der Waals surface area (Å²) in [6.07, 6.45) is 1.01. The van der Waals surface area contributed by atoms with E-state index < -0.39 is 0 Å². The quantitative estimate of drug-likeness (QED) is 0.732. The molecule has 0 bridgehead atoms. The Labute approximate surface area is 157 Å². The summed E-state index contributed by atoms with van der Waals surface area (Å²) in [5, 5.41) is 13.0. The minimum absolute atomic E-state index is 0.229. The van der Waals surface area contributed by atoms with Crippen LogP contribution in [-0.2, 0) is 6.54 Å². The first-order chi connectivity index (χ1) is 13.2. The second kappa shape index (κ2) is 5.98. The lowest BCUT2D eigenvalue weighted by molar-refractivity contribution is 0.174. The van der Waals surface area contributed by atoms with Crippen LogP contribution in [0, 0.1) is 0 Å². The number of hydrogen-bond acceptors (Lipinski definition) is 5. The number of methoxy groups -OCH3 is 1. The summed E-state index contributed by atoms with van der Waals surface area (Å²) in [5.74, 6) is 2.32. The number of phenols is 1. The zero-order valence-corrected chi connectivity index (χ0v) is 15.4. The third-order valence-corrected chi connectivity index (χ3v) is 5.40. The molecule has 0 saturated carbocycles. The Hall–Kier alpha value is -3.08. The highest BCUT2D eigenvalue weighted by molar-refractivity contribution is 6.05. The van der Waals surface area contributed by atoms with Gasteiger partial charge in [0.2, 0.25) is 6.79 Å². The molecule has 0 aliphatic carbocycles. The number of benzene rings is 3. The van der Waals surface area contributed by atoms with E-state index in [1.807, 2.05) is 18.2 Å². The Bertz CT molecular complexity index is 1060. The molecule has 27 heavy (non-hydrogen) atoms. The summed E-state index contributed by atoms with van der Waals surface area (Å²) < 4.78 is 16.5. The average Bonchev–Trinajstić information content (AvgIpc) is 3.14. The lowest BCUT2D eigenvalue weighted by Crippen LogP contribution is -2.27. The first-order valence-electron chi connectivity index (χ1n) is 9.21. The smallest absolute Gasteiger partial charge is 0.231 e. The third-order valence-electron chi connectivity index (χ3n) is 5.40. The summed E-state index contributed by atoms with van der Waals surface area (Å²) in [6, 6.07) is 12.2. The van der Waals surface area contributed by atoms with Crippen molar-refractivity contribution >= 4 is 16.5 Å². The van der Waals surface area contributed by atoms with Crippen LogP contribution in [0.25, 0.3) is 21.9 Å². The number of nitrogens with zero attached hydrogens (tertiary/aromatic N) is 1. The number of ether oxygens (including phenoxy) is 3. The highest BCUT2D eigenvalue weighted by Gasteiger charge is 2.28. The molecular formula is C22H21NO4. The molecule has 2 aliphatic heterocycles. The fraction of sp³-hybridized carbons (Fsp3) is 0.273. The van der Waals surface area contributed by atoms with E-state index in [0.29, 0.717) is 12.3 Å². The number of hydrogen-bond donors (Lipinski definition) is 1. The second-order valence-electron chi connectivity index (χ2n) is 6.95. The summed E-state index contributed by atoms with van der Waals surface area (Å²) in [6.45, 7) is 3.98. The summed E-state index contributed by atoms with van der Waals surface area (Å²) in [7, 11) is 1.58. The maximum Gasteiger partial charge on any atom is 0.231 e. The van der Waals surface area contributed by atoms with E-state index in [1.165, 1.54) is 5.69 Å². The third kappa shape index (κ3) is 2.31. The molecule has 0 aromatic heterocycles. The van der Waals surface area contributed by atoms with E-state index in [9.17, 15) is 5.11 Å². The Kier molecular flexibility index (Phi) is 3.57. The molecule has 5 heteroatoms. The Morgan fingerprint density at radius 3 is 2.63 bits per heavy atom. The van der Waals surface area contributed by atoms with Crippen LogP contribution in [0.5, 0.6) is 23.0 Å². The van der Waals surface area contributed by atoms with Gasteiger partial charge < -0.3 is 24.2 Å². The normalized spacial score (nSPS) is 14.2. The number of fused-ring (bicyclic) bond motifs is 6. The van der Waals surface area contributed by atoms with Gasteiger partial charge in [0.25, 0.3) is 0 Å². The molecule has 0 saturated heterocycles. The van der Waals surface area contributed by atoms with Crippen LogP contribution in [0.15, 0.2) is 36.4 Å². The van der Waals surface area contributed by atoms with Crippen LogP contribution >= 0.6 is 0 Å². The fourth-order valence-corrected chi connectivity index (χ4v) is 4.18. The minimum atomic E-state index is 0.229. The molecule has 5 rings (SSSR count). The number of anilines is 1. The largest absolute Gasteiger partial charge is 0.504 e. The first-order valence-corrected chi connectivity index (χ1v) is 9.21. The monoisotopic (exact) mass is 363 g/mol. The van der Waals surface area contributed by atoms with Crippen LogP contribution in [0.3, 0.4) is 0 Å². The maximum absolute atomic E-state index is 10.7. The molecule has 0 unspecified atom stereocenters. The lowest BCUT2D eigenvalue weighted by atomic mass is 9.89. The van der Waals surface area contributed by atoms with Crippen LogP contribution < -0.4 is 19.1 Å². The van der Waals surface area contributed by atoms with E-state index in [-0.39, 0.29) is 12.5 Å². The van der Waals surface area contributed by atoms with Crippen LogP contribution in [0.4, 0.5) is 5.69 Å². The van der Waals surface area contributed by atoms with Gasteiger partial charge in [-0.3, -0.25) is 0 Å². The fourth-order valence-electron chi connectivity index (χ4n) is 4.18. The predicted molar refractivity (Wildman–Crippen MR) is 105 cm³/mol. The number of aromatic hydroxyl groups is 1. The van der Waals surface area contributed by atoms with Gasteiger partial charge in [-0.05, 0) is 41.6 Å². The zero-order chi connectivity index (χ0) is 18.5. The topological polar surface area (TPSA) is 51.2 Å². The zero-order valence-electron chi connectivity index (χ0n) is 15.4. The van der Waals surface area contributed by atoms with E-state index in [0.717, 1.165) is 51.9 Å². The summed E-state index contributed by atoms with van der Waals surface area (Å²) in [5.41, 5.74) is 4.27. The molecular weight excluding hydrogens is 342 g/mol. The summed E-state index contributed by atoms with van der Waals surface area (Å²) in [4.78, 5) is 2.33. The molecule has 3 aromatic carbocycles. The number of rotatable bonds is 3. The van der Waals surface area contributed by atoms with E-state index in [4.69, 9.17) is 14.2 Å². The van der Waals surface area contributed by atoms with Crippen molar-refractivity contribution in [1.29, 1.82) is 0 Å². The second-order valence-corrected chi connectivity index (χ2v) is 6.95. The predicted octanol–water partition coefficient (Wildman–Crippen LogP) is 4.68. The van der Waals surface area contributed by atoms with Gasteiger partial charge in [0.15, 0.2) is 23.0 Å². The highest BCUT2D eigenvalue weighted by Crippen LogP contribution is 2.49. The minimum Gasteiger partial charge on any atom is -0.504 e. The van der Waals surface area contributed by atoms with Gasteiger partial charge in [-0.25, -0.2) is 0 Å². The van der Waals surface area contributed by atoms with Crippen molar-refractivity contribution in [2.75, 3.05) is 25.3 Å². The van der Waals surface area contributed by atoms with Crippen LogP contribution in [0.1, 0.15) is 18.9 Å². The molecule has 138 valence electrons. The van der Waals surface area contributed by atoms with Crippen LogP contribution in [-0.4, -0.2) is 25.6 Å². The van der Waals surface area contributed by atoms with Gasteiger partial charge >= 0.3 is 0 Å². The average molecular weight is 363 g/mol. The number of phenolic OH excluding ortho intramolecular Hbond substituents is 1. The molecule has 3 aromatic rings. The van der Waals surface area contributed by atoms with Gasteiger partial charge in [-0.2, -0.15) is 0 Å². The Morgan fingerprint density at radius 1 is 1.07 bits per heavy atom. The van der Waals surface area contributed by atoms with Gasteiger partial charge in [0.05, 0.1) is 12.8 Å². The van der Waals surface area contributed by atoms with E-state index in [2.05, 4.69) is 30.0 Å². The van der Waals surface area contributed by atoms with Crippen molar-refractivity contribution in [2.24, 2.45) is 0 Å². The molecule has 0 amide bonds. The molecule has 5 nitrogen and oxygen atoms in total. The Morgan fingerprint density at radius 2 is 1.85 bits per heavy atom. The molecule has 0 spiro atoms.